The molecule has 0 amide bonds. The maximum absolute atomic E-state index is 11.1. The predicted octanol–water partition coefficient (Wildman–Crippen LogP) is 5.78. The van der Waals surface area contributed by atoms with Crippen LogP contribution in [-0.4, -0.2) is 23.2 Å². The lowest BCUT2D eigenvalue weighted by Gasteiger charge is -2.50. The van der Waals surface area contributed by atoms with Gasteiger partial charge in [0.25, 0.3) is 0 Å². The van der Waals surface area contributed by atoms with Gasteiger partial charge in [-0.15, -0.1) is 0 Å². The van der Waals surface area contributed by atoms with E-state index in [0.29, 0.717) is 5.56 Å². The molecule has 1 fully saturated rings. The summed E-state index contributed by atoms with van der Waals surface area (Å²) in [5, 5.41) is 18.0. The van der Waals surface area contributed by atoms with Crippen molar-refractivity contribution in [3.8, 4) is 17.2 Å². The van der Waals surface area contributed by atoms with Crippen LogP contribution < -0.4 is 4.90 Å². The number of hydrogen-bond donors (Lipinski definition) is 1. The number of carbonyl (C=O) groups is 1. The average molecular weight is 401 g/mol. The van der Waals surface area contributed by atoms with Gasteiger partial charge in [0.05, 0.1) is 0 Å². The fraction of sp³-hybridized carbons (Fsp3) is 0.385. The minimum atomic E-state index is -1.20. The van der Waals surface area contributed by atoms with E-state index in [0.717, 1.165) is 12.1 Å². The Balaban J connectivity index is 1.73. The molecule has 1 aliphatic carbocycles. The number of nitrogens with zero attached hydrogens (tertiary/aromatic N) is 2. The van der Waals surface area contributed by atoms with E-state index in [1.807, 2.05) is 24.3 Å². The van der Waals surface area contributed by atoms with Crippen molar-refractivity contribution in [2.75, 3.05) is 11.4 Å². The van der Waals surface area contributed by atoms with Crippen molar-refractivity contribution in [1.82, 2.24) is 0 Å². The summed E-state index contributed by atoms with van der Waals surface area (Å²) in [4.78, 5) is 13.7. The third-order valence-corrected chi connectivity index (χ3v) is 7.48. The minimum absolute atomic E-state index is 0.151. The SMILES string of the molecule is CCN1c2ccc(-c3ccc(/C=C(\C#N)C(=O)O)cc3)cc2C2(C)CCCCC12C. The highest BCUT2D eigenvalue weighted by Gasteiger charge is 2.56. The van der Waals surface area contributed by atoms with Crippen molar-refractivity contribution in [3.05, 3.63) is 59.2 Å². The lowest BCUT2D eigenvalue weighted by molar-refractivity contribution is -0.132. The Morgan fingerprint density at radius 2 is 1.80 bits per heavy atom. The van der Waals surface area contributed by atoms with Crippen LogP contribution in [0.5, 0.6) is 0 Å². The monoisotopic (exact) mass is 400 g/mol. The van der Waals surface area contributed by atoms with Crippen LogP contribution in [0.15, 0.2) is 48.0 Å². The van der Waals surface area contributed by atoms with Crippen LogP contribution in [0.1, 0.15) is 57.6 Å². The lowest BCUT2D eigenvalue weighted by Crippen LogP contribution is -2.56. The molecule has 0 saturated heterocycles. The Morgan fingerprint density at radius 3 is 2.43 bits per heavy atom. The van der Waals surface area contributed by atoms with Gasteiger partial charge < -0.3 is 10.0 Å². The molecular weight excluding hydrogens is 372 g/mol. The molecule has 0 radical (unpaired) electrons. The highest BCUT2D eigenvalue weighted by molar-refractivity contribution is 5.96. The fourth-order valence-electron chi connectivity index (χ4n) is 5.61. The van der Waals surface area contributed by atoms with Crippen LogP contribution in [0.3, 0.4) is 0 Å². The number of likely N-dealkylation sites (N-methyl/N-ethyl adjacent to an activating group) is 1. The summed E-state index contributed by atoms with van der Waals surface area (Å²) in [6, 6.07) is 16.3. The zero-order valence-electron chi connectivity index (χ0n) is 17.9. The van der Waals surface area contributed by atoms with E-state index in [-0.39, 0.29) is 16.5 Å². The van der Waals surface area contributed by atoms with Crippen molar-refractivity contribution >= 4 is 17.7 Å². The van der Waals surface area contributed by atoms with Crippen LogP contribution >= 0.6 is 0 Å². The second-order valence-corrected chi connectivity index (χ2v) is 8.89. The van der Waals surface area contributed by atoms with Crippen molar-refractivity contribution in [1.29, 1.82) is 5.26 Å². The van der Waals surface area contributed by atoms with E-state index in [2.05, 4.69) is 43.9 Å². The van der Waals surface area contributed by atoms with Gasteiger partial charge in [0, 0.05) is 23.2 Å². The van der Waals surface area contributed by atoms with Crippen LogP contribution in [0, 0.1) is 11.3 Å². The molecule has 2 atom stereocenters. The maximum Gasteiger partial charge on any atom is 0.346 e. The van der Waals surface area contributed by atoms with Crippen LogP contribution in [0.4, 0.5) is 5.69 Å². The van der Waals surface area contributed by atoms with Gasteiger partial charge in [0.1, 0.15) is 11.6 Å². The average Bonchev–Trinajstić information content (AvgIpc) is 2.95. The molecule has 0 spiro atoms. The number of benzene rings is 2. The zero-order chi connectivity index (χ0) is 21.5. The predicted molar refractivity (Wildman–Crippen MR) is 120 cm³/mol. The lowest BCUT2D eigenvalue weighted by atomic mass is 9.61. The van der Waals surface area contributed by atoms with Crippen molar-refractivity contribution in [3.63, 3.8) is 0 Å². The molecule has 4 nitrogen and oxygen atoms in total. The van der Waals surface area contributed by atoms with Gasteiger partial charge >= 0.3 is 5.97 Å². The van der Waals surface area contributed by atoms with Gasteiger partial charge in [-0.2, -0.15) is 5.26 Å². The molecule has 4 rings (SSSR count). The molecule has 0 bridgehead atoms. The first-order chi connectivity index (χ1) is 14.3. The Bertz CT molecular complexity index is 1060. The van der Waals surface area contributed by atoms with Gasteiger partial charge in [0.15, 0.2) is 0 Å². The van der Waals surface area contributed by atoms with Crippen LogP contribution in [0.25, 0.3) is 17.2 Å². The number of anilines is 1. The second-order valence-electron chi connectivity index (χ2n) is 8.89. The Morgan fingerprint density at radius 1 is 1.13 bits per heavy atom. The number of fused-ring (bicyclic) bond motifs is 3. The van der Waals surface area contributed by atoms with Crippen molar-refractivity contribution in [2.45, 2.75) is 57.4 Å². The van der Waals surface area contributed by atoms with Gasteiger partial charge in [-0.05, 0) is 67.2 Å². The highest BCUT2D eigenvalue weighted by Crippen LogP contribution is 2.58. The minimum Gasteiger partial charge on any atom is -0.477 e. The molecule has 1 aliphatic heterocycles. The molecule has 1 heterocycles. The Labute approximate surface area is 178 Å². The molecule has 1 N–H and O–H groups in total. The standard InChI is InChI=1S/C26H28N2O2/c1-4-28-23-12-11-20(16-22(23)25(2)13-5-6-14-26(25,28)3)19-9-7-18(8-10-19)15-21(17-27)24(29)30/h7-12,15-16H,4-6,13-14H2,1-3H3,(H,29,30)/b21-15+. The number of carboxylic acid groups (broad SMARTS) is 1. The van der Waals surface area contributed by atoms with E-state index < -0.39 is 5.97 Å². The molecule has 0 aromatic heterocycles. The first kappa shape index (κ1) is 20.2. The molecular formula is C26H28N2O2. The van der Waals surface area contributed by atoms with E-state index in [1.54, 1.807) is 6.07 Å². The Hall–Kier alpha value is -3.06. The smallest absolute Gasteiger partial charge is 0.346 e. The molecule has 2 aromatic carbocycles. The summed E-state index contributed by atoms with van der Waals surface area (Å²) in [6.07, 6.45) is 6.42. The normalized spacial score (nSPS) is 25.4. The topological polar surface area (TPSA) is 64.3 Å². The third-order valence-electron chi connectivity index (χ3n) is 7.48. The zero-order valence-corrected chi connectivity index (χ0v) is 17.9. The summed E-state index contributed by atoms with van der Waals surface area (Å²) < 4.78 is 0. The maximum atomic E-state index is 11.1. The summed E-state index contributed by atoms with van der Waals surface area (Å²) in [5.41, 5.74) is 5.86. The first-order valence-electron chi connectivity index (χ1n) is 10.7. The third kappa shape index (κ3) is 2.92. The summed E-state index contributed by atoms with van der Waals surface area (Å²) in [7, 11) is 0. The number of carboxylic acids is 1. The summed E-state index contributed by atoms with van der Waals surface area (Å²) in [6.45, 7) is 8.14. The largest absolute Gasteiger partial charge is 0.477 e. The highest BCUT2D eigenvalue weighted by atomic mass is 16.4. The summed E-state index contributed by atoms with van der Waals surface area (Å²) >= 11 is 0. The second kappa shape index (κ2) is 7.32. The van der Waals surface area contributed by atoms with Crippen molar-refractivity contribution < 1.29 is 9.90 Å². The first-order valence-corrected chi connectivity index (χ1v) is 10.7. The van der Waals surface area contributed by atoms with E-state index in [9.17, 15) is 4.79 Å². The number of nitriles is 1. The summed E-state index contributed by atoms with van der Waals surface area (Å²) in [5.74, 6) is -1.20. The van der Waals surface area contributed by atoms with Gasteiger partial charge in [-0.1, -0.05) is 50.1 Å². The molecule has 30 heavy (non-hydrogen) atoms. The molecule has 2 aromatic rings. The number of rotatable bonds is 4. The van der Waals surface area contributed by atoms with Crippen molar-refractivity contribution in [2.24, 2.45) is 0 Å². The van der Waals surface area contributed by atoms with Gasteiger partial charge in [0.2, 0.25) is 0 Å². The number of aliphatic carboxylic acids is 1. The quantitative estimate of drug-likeness (QED) is 0.522. The number of hydrogen-bond acceptors (Lipinski definition) is 3. The fourth-order valence-corrected chi connectivity index (χ4v) is 5.61. The van der Waals surface area contributed by atoms with Crippen LogP contribution in [0.2, 0.25) is 0 Å². The molecule has 2 aliphatic rings. The Kier molecular flexibility index (Phi) is 4.94. The van der Waals surface area contributed by atoms with Gasteiger partial charge in [-0.3, -0.25) is 0 Å². The molecule has 1 saturated carbocycles. The molecule has 4 heteroatoms. The van der Waals surface area contributed by atoms with E-state index in [4.69, 9.17) is 10.4 Å². The molecule has 2 unspecified atom stereocenters. The van der Waals surface area contributed by atoms with E-state index in [1.165, 1.54) is 48.6 Å². The van der Waals surface area contributed by atoms with Gasteiger partial charge in [-0.25, -0.2) is 4.79 Å². The molecule has 154 valence electrons. The van der Waals surface area contributed by atoms with Crippen LogP contribution in [-0.2, 0) is 10.2 Å². The van der Waals surface area contributed by atoms with E-state index >= 15 is 0 Å².